The van der Waals surface area contributed by atoms with Gasteiger partial charge in [-0.25, -0.2) is 4.79 Å². The summed E-state index contributed by atoms with van der Waals surface area (Å²) in [6, 6.07) is 0. The van der Waals surface area contributed by atoms with E-state index in [2.05, 4.69) is 0 Å². The SMILES string of the molecule is CCOC(=O)/C=C/[C@H](OC)[C@@H](C)OC(=N)C(Cl)(Cl)Cl. The van der Waals surface area contributed by atoms with Gasteiger partial charge in [0.05, 0.1) is 6.61 Å². The molecule has 0 aliphatic rings. The standard InChI is InChI=1S/C11H16Cl3NO4/c1-4-18-9(16)6-5-8(17-3)7(2)19-10(15)11(12,13)14/h5-8,15H,4H2,1-3H3/b6-5+,15-10?/t7-,8+/m1/s1. The minimum Gasteiger partial charge on any atom is -0.472 e. The summed E-state index contributed by atoms with van der Waals surface area (Å²) < 4.78 is 13.0. The van der Waals surface area contributed by atoms with Gasteiger partial charge in [-0.15, -0.1) is 0 Å². The van der Waals surface area contributed by atoms with Crippen LogP contribution in [0.4, 0.5) is 0 Å². The van der Waals surface area contributed by atoms with Crippen LogP contribution in [-0.4, -0.2) is 41.6 Å². The smallest absolute Gasteiger partial charge is 0.330 e. The predicted molar refractivity (Wildman–Crippen MR) is 75.1 cm³/mol. The Morgan fingerprint density at radius 3 is 2.42 bits per heavy atom. The molecule has 8 heteroatoms. The van der Waals surface area contributed by atoms with Crippen molar-refractivity contribution in [2.24, 2.45) is 0 Å². The van der Waals surface area contributed by atoms with E-state index in [1.807, 2.05) is 0 Å². The highest BCUT2D eigenvalue weighted by atomic mass is 35.6. The molecule has 0 saturated carbocycles. The minimum absolute atomic E-state index is 0.283. The van der Waals surface area contributed by atoms with E-state index < -0.39 is 27.9 Å². The molecule has 2 atom stereocenters. The highest BCUT2D eigenvalue weighted by Crippen LogP contribution is 2.28. The van der Waals surface area contributed by atoms with Gasteiger partial charge in [0.15, 0.2) is 0 Å². The fraction of sp³-hybridized carbons (Fsp3) is 0.636. The molecule has 5 nitrogen and oxygen atoms in total. The first-order valence-electron chi connectivity index (χ1n) is 5.42. The van der Waals surface area contributed by atoms with Crippen LogP contribution in [0.25, 0.3) is 0 Å². The minimum atomic E-state index is -1.93. The van der Waals surface area contributed by atoms with Gasteiger partial charge in [-0.1, -0.05) is 34.8 Å². The predicted octanol–water partition coefficient (Wildman–Crippen LogP) is 2.87. The van der Waals surface area contributed by atoms with Crippen molar-refractivity contribution < 1.29 is 19.0 Å². The van der Waals surface area contributed by atoms with E-state index in [-0.39, 0.29) is 6.61 Å². The average Bonchev–Trinajstić information content (AvgIpc) is 2.28. The normalized spacial score (nSPS) is 15.1. The van der Waals surface area contributed by atoms with E-state index in [0.717, 1.165) is 0 Å². The van der Waals surface area contributed by atoms with Crippen LogP contribution in [0.3, 0.4) is 0 Å². The van der Waals surface area contributed by atoms with E-state index in [1.54, 1.807) is 13.8 Å². The number of nitrogens with one attached hydrogen (secondary N) is 1. The molecule has 0 aliphatic carbocycles. The Bertz CT molecular complexity index is 341. The van der Waals surface area contributed by atoms with E-state index in [9.17, 15) is 4.79 Å². The number of carbonyl (C=O) groups excluding carboxylic acids is 1. The average molecular weight is 333 g/mol. The van der Waals surface area contributed by atoms with Crippen LogP contribution in [0.1, 0.15) is 13.8 Å². The van der Waals surface area contributed by atoms with Gasteiger partial charge in [0.25, 0.3) is 3.79 Å². The van der Waals surface area contributed by atoms with Gasteiger partial charge < -0.3 is 14.2 Å². The first-order valence-corrected chi connectivity index (χ1v) is 6.55. The van der Waals surface area contributed by atoms with Crippen LogP contribution in [-0.2, 0) is 19.0 Å². The lowest BCUT2D eigenvalue weighted by atomic mass is 10.2. The van der Waals surface area contributed by atoms with Crippen molar-refractivity contribution in [3.63, 3.8) is 0 Å². The molecule has 0 aromatic rings. The molecule has 1 N–H and O–H groups in total. The fourth-order valence-electron chi connectivity index (χ4n) is 1.11. The topological polar surface area (TPSA) is 68.6 Å². The van der Waals surface area contributed by atoms with Gasteiger partial charge >= 0.3 is 5.97 Å². The van der Waals surface area contributed by atoms with Crippen LogP contribution >= 0.6 is 34.8 Å². The molecule has 0 bridgehead atoms. The molecular weight excluding hydrogens is 316 g/mol. The third kappa shape index (κ3) is 7.62. The molecule has 0 amide bonds. The second kappa shape index (κ2) is 8.64. The Hall–Kier alpha value is -0.490. The molecule has 0 aromatic carbocycles. The summed E-state index contributed by atoms with van der Waals surface area (Å²) in [6.45, 7) is 3.60. The highest BCUT2D eigenvalue weighted by Gasteiger charge is 2.31. The molecular formula is C11H16Cl3NO4. The molecule has 0 rings (SSSR count). The monoisotopic (exact) mass is 331 g/mol. The Kier molecular flexibility index (Phi) is 8.41. The second-order valence-electron chi connectivity index (χ2n) is 3.46. The number of carbonyl (C=O) groups is 1. The molecule has 0 fully saturated rings. The number of halogens is 3. The van der Waals surface area contributed by atoms with Crippen molar-refractivity contribution >= 4 is 46.7 Å². The molecule has 0 aliphatic heterocycles. The summed E-state index contributed by atoms with van der Waals surface area (Å²) in [5.41, 5.74) is 0. The molecule has 0 saturated heterocycles. The number of hydrogen-bond acceptors (Lipinski definition) is 5. The lowest BCUT2D eigenvalue weighted by molar-refractivity contribution is -0.137. The van der Waals surface area contributed by atoms with Crippen LogP contribution in [0.5, 0.6) is 0 Å². The van der Waals surface area contributed by atoms with Gasteiger partial charge in [-0.2, -0.15) is 0 Å². The van der Waals surface area contributed by atoms with Crippen molar-refractivity contribution in [3.8, 4) is 0 Å². The van der Waals surface area contributed by atoms with Crippen molar-refractivity contribution in [2.45, 2.75) is 29.8 Å². The largest absolute Gasteiger partial charge is 0.472 e. The van der Waals surface area contributed by atoms with E-state index in [4.69, 9.17) is 54.4 Å². The summed E-state index contributed by atoms with van der Waals surface area (Å²) >= 11 is 16.5. The van der Waals surface area contributed by atoms with Crippen molar-refractivity contribution in [3.05, 3.63) is 12.2 Å². The second-order valence-corrected chi connectivity index (χ2v) is 5.74. The number of alkyl halides is 3. The van der Waals surface area contributed by atoms with E-state index >= 15 is 0 Å². The third-order valence-corrected chi connectivity index (χ3v) is 2.52. The molecule has 0 radical (unpaired) electrons. The zero-order chi connectivity index (χ0) is 15.1. The van der Waals surface area contributed by atoms with Crippen LogP contribution in [0.15, 0.2) is 12.2 Å². The van der Waals surface area contributed by atoms with Crippen LogP contribution in [0, 0.1) is 5.41 Å². The molecule has 0 heterocycles. The van der Waals surface area contributed by atoms with Crippen LogP contribution < -0.4 is 0 Å². The third-order valence-electron chi connectivity index (χ3n) is 2.00. The van der Waals surface area contributed by atoms with E-state index in [0.29, 0.717) is 0 Å². The summed E-state index contributed by atoms with van der Waals surface area (Å²) in [7, 11) is 1.43. The lowest BCUT2D eigenvalue weighted by Gasteiger charge is -2.23. The number of rotatable bonds is 6. The maximum atomic E-state index is 11.2. The Morgan fingerprint density at radius 1 is 1.42 bits per heavy atom. The number of ether oxygens (including phenoxy) is 3. The van der Waals surface area contributed by atoms with Crippen LogP contribution in [0.2, 0.25) is 0 Å². The van der Waals surface area contributed by atoms with Crippen molar-refractivity contribution in [1.82, 2.24) is 0 Å². The molecule has 110 valence electrons. The quantitative estimate of drug-likeness (QED) is 0.267. The van der Waals surface area contributed by atoms with Gasteiger partial charge in [0, 0.05) is 13.2 Å². The van der Waals surface area contributed by atoms with Gasteiger partial charge in [0.1, 0.15) is 12.2 Å². The lowest BCUT2D eigenvalue weighted by Crippen LogP contribution is -2.33. The van der Waals surface area contributed by atoms with E-state index in [1.165, 1.54) is 19.3 Å². The fourth-order valence-corrected chi connectivity index (χ4v) is 1.24. The van der Waals surface area contributed by atoms with Gasteiger partial charge in [0.2, 0.25) is 5.90 Å². The summed E-state index contributed by atoms with van der Waals surface area (Å²) in [5, 5.41) is 7.43. The maximum absolute atomic E-state index is 11.2. The highest BCUT2D eigenvalue weighted by molar-refractivity contribution is 6.76. The first kappa shape index (κ1) is 18.5. The van der Waals surface area contributed by atoms with Gasteiger partial charge in [-0.05, 0) is 19.9 Å². The zero-order valence-corrected chi connectivity index (χ0v) is 13.1. The molecule has 0 unspecified atom stereocenters. The Labute approximate surface area is 127 Å². The van der Waals surface area contributed by atoms with Crippen molar-refractivity contribution in [2.75, 3.05) is 13.7 Å². The van der Waals surface area contributed by atoms with Crippen molar-refractivity contribution in [1.29, 1.82) is 5.41 Å². The maximum Gasteiger partial charge on any atom is 0.330 e. The number of hydrogen-bond donors (Lipinski definition) is 1. The number of esters is 1. The summed E-state index contributed by atoms with van der Waals surface area (Å²) in [5.74, 6) is -1.01. The first-order chi connectivity index (χ1) is 8.72. The Balaban J connectivity index is 4.52. The zero-order valence-electron chi connectivity index (χ0n) is 10.8. The molecule has 19 heavy (non-hydrogen) atoms. The number of methoxy groups -OCH3 is 1. The molecule has 0 aromatic heterocycles. The molecule has 0 spiro atoms. The van der Waals surface area contributed by atoms with Gasteiger partial charge in [-0.3, -0.25) is 5.41 Å². The Morgan fingerprint density at radius 2 is 2.00 bits per heavy atom. The summed E-state index contributed by atoms with van der Waals surface area (Å²) in [6.07, 6.45) is 1.47. The summed E-state index contributed by atoms with van der Waals surface area (Å²) in [4.78, 5) is 11.2.